The van der Waals surface area contributed by atoms with E-state index in [1.807, 2.05) is 6.92 Å². The van der Waals surface area contributed by atoms with E-state index in [0.717, 1.165) is 12.8 Å². The third kappa shape index (κ3) is 3.10. The Kier molecular flexibility index (Phi) is 4.23. The number of nitrogens with zero attached hydrogens (tertiary/aromatic N) is 1. The number of hydrogen-bond donors (Lipinski definition) is 1. The van der Waals surface area contributed by atoms with Crippen molar-refractivity contribution in [2.45, 2.75) is 44.9 Å². The first-order chi connectivity index (χ1) is 7.28. The first-order valence-corrected chi connectivity index (χ1v) is 5.80. The number of halogens is 3. The van der Waals surface area contributed by atoms with E-state index in [9.17, 15) is 18.3 Å². The largest absolute Gasteiger partial charge is 0.418 e. The van der Waals surface area contributed by atoms with Gasteiger partial charge in [-0.2, -0.15) is 13.2 Å². The van der Waals surface area contributed by atoms with Crippen molar-refractivity contribution in [2.24, 2.45) is 5.92 Å². The third-order valence-electron chi connectivity index (χ3n) is 3.34. The van der Waals surface area contributed by atoms with Crippen molar-refractivity contribution in [3.05, 3.63) is 0 Å². The van der Waals surface area contributed by atoms with E-state index in [-0.39, 0.29) is 13.0 Å². The first kappa shape index (κ1) is 13.8. The van der Waals surface area contributed by atoms with Crippen molar-refractivity contribution >= 4 is 0 Å². The first-order valence-electron chi connectivity index (χ1n) is 5.80. The van der Waals surface area contributed by atoms with Gasteiger partial charge in [-0.05, 0) is 31.7 Å². The van der Waals surface area contributed by atoms with Crippen molar-refractivity contribution in [1.82, 2.24) is 4.90 Å². The van der Waals surface area contributed by atoms with Gasteiger partial charge in [0.25, 0.3) is 0 Å². The molecule has 1 N–H and O–H groups in total. The highest BCUT2D eigenvalue weighted by atomic mass is 19.4. The smallest absolute Gasteiger partial charge is 0.379 e. The van der Waals surface area contributed by atoms with Crippen LogP contribution in [0.2, 0.25) is 0 Å². The molecule has 2 nitrogen and oxygen atoms in total. The highest BCUT2D eigenvalue weighted by molar-refractivity contribution is 4.89. The van der Waals surface area contributed by atoms with Crippen LogP contribution in [0.5, 0.6) is 0 Å². The Morgan fingerprint density at radius 1 is 1.38 bits per heavy atom. The van der Waals surface area contributed by atoms with Gasteiger partial charge < -0.3 is 5.11 Å². The number of rotatable bonds is 3. The monoisotopic (exact) mass is 239 g/mol. The normalized spacial score (nSPS) is 27.8. The maximum absolute atomic E-state index is 12.7. The van der Waals surface area contributed by atoms with Crippen molar-refractivity contribution in [1.29, 1.82) is 0 Å². The molecular weight excluding hydrogens is 219 g/mol. The molecule has 0 spiro atoms. The standard InChI is InChI=1S/C11H20F3NO/c1-3-10(16,11(12,13)14)8-15-6-4-5-9(2)7-15/h9,16H,3-8H2,1-2H3. The fourth-order valence-corrected chi connectivity index (χ4v) is 2.20. The lowest BCUT2D eigenvalue weighted by Crippen LogP contribution is -2.54. The van der Waals surface area contributed by atoms with Crippen LogP contribution in [-0.4, -0.2) is 41.4 Å². The van der Waals surface area contributed by atoms with Crippen LogP contribution in [0.4, 0.5) is 13.2 Å². The van der Waals surface area contributed by atoms with E-state index >= 15 is 0 Å². The van der Waals surface area contributed by atoms with Crippen LogP contribution >= 0.6 is 0 Å². The SMILES string of the molecule is CCC(O)(CN1CCCC(C)C1)C(F)(F)F. The van der Waals surface area contributed by atoms with Crippen LogP contribution in [0, 0.1) is 5.92 Å². The van der Waals surface area contributed by atoms with E-state index in [2.05, 4.69) is 0 Å². The Hall–Kier alpha value is -0.290. The van der Waals surface area contributed by atoms with Crippen molar-refractivity contribution < 1.29 is 18.3 Å². The predicted octanol–water partition coefficient (Wildman–Crippen LogP) is 2.42. The van der Waals surface area contributed by atoms with E-state index in [1.54, 1.807) is 4.90 Å². The molecule has 2 unspecified atom stereocenters. The second kappa shape index (κ2) is 4.92. The molecule has 0 amide bonds. The van der Waals surface area contributed by atoms with E-state index in [1.165, 1.54) is 6.92 Å². The zero-order chi connectivity index (χ0) is 12.4. The summed E-state index contributed by atoms with van der Waals surface area (Å²) >= 11 is 0. The number of piperidine rings is 1. The average Bonchev–Trinajstić information content (AvgIpc) is 2.15. The van der Waals surface area contributed by atoms with Gasteiger partial charge in [0.1, 0.15) is 0 Å². The lowest BCUT2D eigenvalue weighted by atomic mass is 9.95. The van der Waals surface area contributed by atoms with Crippen LogP contribution in [0.25, 0.3) is 0 Å². The molecule has 0 aromatic rings. The molecule has 1 fully saturated rings. The second-order valence-electron chi connectivity index (χ2n) is 4.87. The van der Waals surface area contributed by atoms with Gasteiger partial charge in [0.05, 0.1) is 0 Å². The topological polar surface area (TPSA) is 23.5 Å². The van der Waals surface area contributed by atoms with Gasteiger partial charge in [-0.1, -0.05) is 13.8 Å². The summed E-state index contributed by atoms with van der Waals surface area (Å²) in [7, 11) is 0. The molecule has 5 heteroatoms. The minimum Gasteiger partial charge on any atom is -0.379 e. The molecule has 0 aliphatic carbocycles. The zero-order valence-electron chi connectivity index (χ0n) is 9.85. The molecule has 2 atom stereocenters. The summed E-state index contributed by atoms with van der Waals surface area (Å²) in [5, 5.41) is 9.63. The number of alkyl halides is 3. The minimum absolute atomic E-state index is 0.290. The summed E-state index contributed by atoms with van der Waals surface area (Å²) < 4.78 is 38.0. The van der Waals surface area contributed by atoms with Crippen LogP contribution in [0.15, 0.2) is 0 Å². The van der Waals surface area contributed by atoms with Crippen molar-refractivity contribution in [3.63, 3.8) is 0 Å². The number of likely N-dealkylation sites (tertiary alicyclic amines) is 1. The Balaban J connectivity index is 2.62. The third-order valence-corrected chi connectivity index (χ3v) is 3.34. The Bertz CT molecular complexity index is 232. The van der Waals surface area contributed by atoms with E-state index in [0.29, 0.717) is 19.0 Å². The lowest BCUT2D eigenvalue weighted by molar-refractivity contribution is -0.266. The predicted molar refractivity (Wildman–Crippen MR) is 56.1 cm³/mol. The minimum atomic E-state index is -4.54. The van der Waals surface area contributed by atoms with E-state index in [4.69, 9.17) is 0 Å². The Labute approximate surface area is 94.4 Å². The average molecular weight is 239 g/mol. The molecular formula is C11H20F3NO. The molecule has 96 valence electrons. The van der Waals surface area contributed by atoms with Crippen LogP contribution in [0.1, 0.15) is 33.1 Å². The van der Waals surface area contributed by atoms with Crippen LogP contribution in [-0.2, 0) is 0 Å². The number of aliphatic hydroxyl groups is 1. The highest BCUT2D eigenvalue weighted by Crippen LogP contribution is 2.34. The molecule has 0 aromatic carbocycles. The van der Waals surface area contributed by atoms with Gasteiger partial charge in [0.2, 0.25) is 0 Å². The molecule has 1 aliphatic heterocycles. The molecule has 1 saturated heterocycles. The van der Waals surface area contributed by atoms with Gasteiger partial charge >= 0.3 is 6.18 Å². The summed E-state index contributed by atoms with van der Waals surface area (Å²) in [6.07, 6.45) is -2.85. The Morgan fingerprint density at radius 3 is 2.44 bits per heavy atom. The number of β-amino-alcohol motifs (C(OH)–C–C–N with tert-alkyl or cyclic N) is 1. The molecule has 1 heterocycles. The summed E-state index contributed by atoms with van der Waals surface area (Å²) in [5.41, 5.74) is -2.55. The summed E-state index contributed by atoms with van der Waals surface area (Å²) in [6, 6.07) is 0. The summed E-state index contributed by atoms with van der Waals surface area (Å²) in [6.45, 7) is 4.42. The number of hydrogen-bond acceptors (Lipinski definition) is 2. The summed E-state index contributed by atoms with van der Waals surface area (Å²) in [5.74, 6) is 0.420. The molecule has 0 bridgehead atoms. The van der Waals surface area contributed by atoms with Crippen molar-refractivity contribution in [3.8, 4) is 0 Å². The van der Waals surface area contributed by atoms with Crippen molar-refractivity contribution in [2.75, 3.05) is 19.6 Å². The Morgan fingerprint density at radius 2 is 2.00 bits per heavy atom. The quantitative estimate of drug-likeness (QED) is 0.817. The van der Waals surface area contributed by atoms with Gasteiger partial charge in [-0.25, -0.2) is 0 Å². The van der Waals surface area contributed by atoms with Gasteiger partial charge in [0.15, 0.2) is 5.60 Å². The van der Waals surface area contributed by atoms with Gasteiger partial charge in [0, 0.05) is 13.1 Å². The fraction of sp³-hybridized carbons (Fsp3) is 1.00. The highest BCUT2D eigenvalue weighted by Gasteiger charge is 2.53. The molecule has 0 saturated carbocycles. The maximum Gasteiger partial charge on any atom is 0.418 e. The molecule has 16 heavy (non-hydrogen) atoms. The lowest BCUT2D eigenvalue weighted by Gasteiger charge is -2.38. The molecule has 0 radical (unpaired) electrons. The second-order valence-corrected chi connectivity index (χ2v) is 4.87. The molecule has 1 rings (SSSR count). The van der Waals surface area contributed by atoms with Crippen LogP contribution < -0.4 is 0 Å². The van der Waals surface area contributed by atoms with Gasteiger partial charge in [-0.15, -0.1) is 0 Å². The summed E-state index contributed by atoms with van der Waals surface area (Å²) in [4.78, 5) is 1.73. The van der Waals surface area contributed by atoms with Crippen LogP contribution in [0.3, 0.4) is 0 Å². The molecule has 0 aromatic heterocycles. The molecule has 1 aliphatic rings. The van der Waals surface area contributed by atoms with Gasteiger partial charge in [-0.3, -0.25) is 4.90 Å². The maximum atomic E-state index is 12.7. The fourth-order valence-electron chi connectivity index (χ4n) is 2.20. The van der Waals surface area contributed by atoms with E-state index < -0.39 is 11.8 Å². The zero-order valence-corrected chi connectivity index (χ0v) is 9.85.